The van der Waals surface area contributed by atoms with Gasteiger partial charge in [-0.2, -0.15) is 0 Å². The summed E-state index contributed by atoms with van der Waals surface area (Å²) in [5.74, 6) is 0. The van der Waals surface area contributed by atoms with Crippen molar-refractivity contribution in [2.75, 3.05) is 0 Å². The van der Waals surface area contributed by atoms with Crippen LogP contribution in [0.3, 0.4) is 0 Å². The van der Waals surface area contributed by atoms with Gasteiger partial charge in [-0.15, -0.1) is 0 Å². The molecule has 12 heavy (non-hydrogen) atoms. The molecular weight excluding hydrogens is 144 g/mol. The predicted octanol–water partition coefficient (Wildman–Crippen LogP) is 3.76. The summed E-state index contributed by atoms with van der Waals surface area (Å²) in [6, 6.07) is 0. The fraction of sp³-hybridized carbons (Fsp3) is 0.500. The average Bonchev–Trinajstić information content (AvgIpc) is 2.47. The molecular formula is C12H16. The van der Waals surface area contributed by atoms with Crippen LogP contribution in [0.5, 0.6) is 0 Å². The molecule has 0 amide bonds. The van der Waals surface area contributed by atoms with Crippen molar-refractivity contribution in [2.24, 2.45) is 0 Å². The number of rotatable bonds is 2. The molecule has 0 saturated heterocycles. The van der Waals surface area contributed by atoms with Gasteiger partial charge in [-0.3, -0.25) is 0 Å². The highest BCUT2D eigenvalue weighted by Gasteiger charge is 2.14. The van der Waals surface area contributed by atoms with Crippen LogP contribution in [0.1, 0.15) is 39.0 Å². The zero-order valence-electron chi connectivity index (χ0n) is 7.77. The van der Waals surface area contributed by atoms with Crippen molar-refractivity contribution < 1.29 is 0 Å². The minimum Gasteiger partial charge on any atom is -0.0839 e. The van der Waals surface area contributed by atoms with E-state index < -0.39 is 0 Å². The molecule has 0 N–H and O–H groups in total. The second-order valence-electron chi connectivity index (χ2n) is 3.72. The molecule has 0 nitrogen and oxygen atoms in total. The Morgan fingerprint density at radius 3 is 3.00 bits per heavy atom. The fourth-order valence-corrected chi connectivity index (χ4v) is 2.09. The van der Waals surface area contributed by atoms with E-state index in [1.54, 1.807) is 16.7 Å². The highest BCUT2D eigenvalue weighted by molar-refractivity contribution is 5.46. The Kier molecular flexibility index (Phi) is 2.16. The van der Waals surface area contributed by atoms with E-state index in [2.05, 4.69) is 25.2 Å². The molecule has 0 unspecified atom stereocenters. The first-order chi connectivity index (χ1) is 5.90. The minimum atomic E-state index is 1.24. The Bertz CT molecular complexity index is 264. The lowest BCUT2D eigenvalue weighted by molar-refractivity contribution is 0.880. The van der Waals surface area contributed by atoms with Gasteiger partial charge >= 0.3 is 0 Å². The second-order valence-corrected chi connectivity index (χ2v) is 3.72. The van der Waals surface area contributed by atoms with Gasteiger partial charge in [-0.05, 0) is 36.8 Å². The number of hydrogen-bond acceptors (Lipinski definition) is 0. The van der Waals surface area contributed by atoms with E-state index in [-0.39, 0.29) is 0 Å². The van der Waals surface area contributed by atoms with Crippen LogP contribution >= 0.6 is 0 Å². The van der Waals surface area contributed by atoms with Gasteiger partial charge in [0.1, 0.15) is 0 Å². The topological polar surface area (TPSA) is 0 Å². The first-order valence-electron chi connectivity index (χ1n) is 4.98. The largest absolute Gasteiger partial charge is 0.0839 e. The Balaban J connectivity index is 2.08. The molecule has 2 aliphatic carbocycles. The van der Waals surface area contributed by atoms with Crippen LogP contribution in [0, 0.1) is 0 Å². The lowest BCUT2D eigenvalue weighted by atomic mass is 10.00. The van der Waals surface area contributed by atoms with Crippen LogP contribution in [0.25, 0.3) is 0 Å². The SMILES string of the molecule is CCCC1=CC2=C(C=CCC2)C1. The zero-order valence-corrected chi connectivity index (χ0v) is 7.77. The molecule has 0 aliphatic heterocycles. The van der Waals surface area contributed by atoms with Crippen LogP contribution < -0.4 is 0 Å². The van der Waals surface area contributed by atoms with Crippen molar-refractivity contribution in [1.29, 1.82) is 0 Å². The standard InChI is InChI=1S/C12H16/c1-2-5-10-8-11-6-3-4-7-12(11)9-10/h3,6,9H,2,4-5,7-8H2,1H3. The van der Waals surface area contributed by atoms with E-state index >= 15 is 0 Å². The molecule has 0 heteroatoms. The summed E-state index contributed by atoms with van der Waals surface area (Å²) >= 11 is 0. The molecule has 2 aliphatic rings. The van der Waals surface area contributed by atoms with Gasteiger partial charge in [-0.1, -0.05) is 37.1 Å². The Morgan fingerprint density at radius 2 is 2.25 bits per heavy atom. The fourth-order valence-electron chi connectivity index (χ4n) is 2.09. The molecule has 0 heterocycles. The van der Waals surface area contributed by atoms with E-state index in [0.29, 0.717) is 0 Å². The van der Waals surface area contributed by atoms with Gasteiger partial charge in [0.05, 0.1) is 0 Å². The lowest BCUT2D eigenvalue weighted by Crippen LogP contribution is -1.86. The maximum atomic E-state index is 2.43. The summed E-state index contributed by atoms with van der Waals surface area (Å²) < 4.78 is 0. The van der Waals surface area contributed by atoms with Crippen LogP contribution in [0.4, 0.5) is 0 Å². The molecule has 2 rings (SSSR count). The summed E-state index contributed by atoms with van der Waals surface area (Å²) in [6.07, 6.45) is 13.4. The third-order valence-electron chi connectivity index (χ3n) is 2.68. The molecule has 0 aromatic carbocycles. The highest BCUT2D eigenvalue weighted by Crippen LogP contribution is 2.33. The van der Waals surface area contributed by atoms with Gasteiger partial charge in [-0.25, -0.2) is 0 Å². The molecule has 0 radical (unpaired) electrons. The van der Waals surface area contributed by atoms with Crippen molar-refractivity contribution in [2.45, 2.75) is 39.0 Å². The average molecular weight is 160 g/mol. The Hall–Kier alpha value is -0.780. The molecule has 0 fully saturated rings. The van der Waals surface area contributed by atoms with Gasteiger partial charge in [0.15, 0.2) is 0 Å². The van der Waals surface area contributed by atoms with Crippen LogP contribution in [-0.4, -0.2) is 0 Å². The summed E-state index contributed by atoms with van der Waals surface area (Å²) in [7, 11) is 0. The van der Waals surface area contributed by atoms with Crippen LogP contribution in [0.15, 0.2) is 34.9 Å². The van der Waals surface area contributed by atoms with Crippen molar-refractivity contribution in [3.05, 3.63) is 34.9 Å². The van der Waals surface area contributed by atoms with E-state index in [1.807, 2.05) is 0 Å². The van der Waals surface area contributed by atoms with Gasteiger partial charge < -0.3 is 0 Å². The van der Waals surface area contributed by atoms with Crippen LogP contribution in [0.2, 0.25) is 0 Å². The maximum Gasteiger partial charge on any atom is -0.00613 e. The number of allylic oxidation sites excluding steroid dienone is 6. The van der Waals surface area contributed by atoms with Gasteiger partial charge in [0.2, 0.25) is 0 Å². The Morgan fingerprint density at radius 1 is 1.33 bits per heavy atom. The monoisotopic (exact) mass is 160 g/mol. The summed E-state index contributed by atoms with van der Waals surface area (Å²) in [6.45, 7) is 2.26. The normalized spacial score (nSPS) is 21.2. The van der Waals surface area contributed by atoms with E-state index in [9.17, 15) is 0 Å². The predicted molar refractivity (Wildman–Crippen MR) is 53.0 cm³/mol. The molecule has 0 aromatic heterocycles. The van der Waals surface area contributed by atoms with Crippen molar-refractivity contribution in [1.82, 2.24) is 0 Å². The highest BCUT2D eigenvalue weighted by atomic mass is 14.2. The van der Waals surface area contributed by atoms with E-state index in [4.69, 9.17) is 0 Å². The molecule has 0 aromatic rings. The first kappa shape index (κ1) is 7.85. The Labute approximate surface area is 74.7 Å². The summed E-state index contributed by atoms with van der Waals surface area (Å²) in [5.41, 5.74) is 4.85. The van der Waals surface area contributed by atoms with Crippen LogP contribution in [-0.2, 0) is 0 Å². The van der Waals surface area contributed by atoms with Gasteiger partial charge in [0.25, 0.3) is 0 Å². The second kappa shape index (κ2) is 3.30. The molecule has 0 saturated carbocycles. The summed E-state index contributed by atoms with van der Waals surface area (Å²) in [4.78, 5) is 0. The quantitative estimate of drug-likeness (QED) is 0.577. The van der Waals surface area contributed by atoms with Crippen molar-refractivity contribution in [3.8, 4) is 0 Å². The van der Waals surface area contributed by atoms with Crippen molar-refractivity contribution >= 4 is 0 Å². The summed E-state index contributed by atoms with van der Waals surface area (Å²) in [5, 5.41) is 0. The first-order valence-corrected chi connectivity index (χ1v) is 4.98. The third kappa shape index (κ3) is 1.38. The molecule has 0 bridgehead atoms. The third-order valence-corrected chi connectivity index (χ3v) is 2.68. The minimum absolute atomic E-state index is 1.24. The zero-order chi connectivity index (χ0) is 8.39. The maximum absolute atomic E-state index is 2.43. The smallest absolute Gasteiger partial charge is 0.00613 e. The molecule has 0 spiro atoms. The molecule has 0 atom stereocenters. The van der Waals surface area contributed by atoms with E-state index in [0.717, 1.165) is 0 Å². The van der Waals surface area contributed by atoms with Crippen molar-refractivity contribution in [3.63, 3.8) is 0 Å². The van der Waals surface area contributed by atoms with E-state index in [1.165, 1.54) is 32.1 Å². The van der Waals surface area contributed by atoms with Gasteiger partial charge in [0, 0.05) is 0 Å². The lowest BCUT2D eigenvalue weighted by Gasteiger charge is -2.05. The molecule has 64 valence electrons. The number of hydrogen-bond donors (Lipinski definition) is 0.